The molecule has 0 aliphatic carbocycles. The van der Waals surface area contributed by atoms with E-state index in [1.807, 2.05) is 4.90 Å². The number of carbonyl (C=O) groups excluding carboxylic acids is 2. The van der Waals surface area contributed by atoms with Crippen LogP contribution in [0.4, 0.5) is 28.9 Å². The van der Waals surface area contributed by atoms with Gasteiger partial charge in [-0.3, -0.25) is 9.59 Å². The molecule has 0 unspecified atom stereocenters. The highest BCUT2D eigenvalue weighted by atomic mass is 19.4. The molecular weight excluding hydrogens is 472 g/mol. The molecule has 3 aromatic rings. The summed E-state index contributed by atoms with van der Waals surface area (Å²) in [6, 6.07) is 17.4. The molecule has 0 spiro atoms. The molecule has 4 rings (SSSR count). The molecule has 3 aromatic carbocycles. The van der Waals surface area contributed by atoms with Crippen LogP contribution in [0.1, 0.15) is 46.0 Å². The van der Waals surface area contributed by atoms with Crippen LogP contribution in [0.3, 0.4) is 0 Å². The number of benzene rings is 3. The van der Waals surface area contributed by atoms with Crippen molar-refractivity contribution in [3.8, 4) is 0 Å². The lowest BCUT2D eigenvalue weighted by molar-refractivity contribution is -0.137. The summed E-state index contributed by atoms with van der Waals surface area (Å²) < 4.78 is 54.1. The normalized spacial score (nSPS) is 14.5. The first-order valence-electron chi connectivity index (χ1n) is 11.8. The van der Waals surface area contributed by atoms with Crippen molar-refractivity contribution < 1.29 is 27.2 Å². The average Bonchev–Trinajstić information content (AvgIpc) is 2.89. The van der Waals surface area contributed by atoms with Crippen LogP contribution in [0.25, 0.3) is 0 Å². The molecule has 0 radical (unpaired) electrons. The minimum atomic E-state index is -4.59. The molecule has 1 aliphatic heterocycles. The molecule has 188 valence electrons. The fraction of sp³-hybridized carbons (Fsp3) is 0.286. The van der Waals surface area contributed by atoms with Gasteiger partial charge >= 0.3 is 6.18 Å². The summed E-state index contributed by atoms with van der Waals surface area (Å²) in [5, 5.41) is 0. The Morgan fingerprint density at radius 2 is 1.53 bits per heavy atom. The number of halogens is 4. The van der Waals surface area contributed by atoms with Gasteiger partial charge in [0.05, 0.1) is 16.8 Å². The number of alkyl halides is 3. The predicted octanol–water partition coefficient (Wildman–Crippen LogP) is 6.61. The quantitative estimate of drug-likeness (QED) is 0.284. The van der Waals surface area contributed by atoms with Crippen molar-refractivity contribution in [3.63, 3.8) is 0 Å². The van der Waals surface area contributed by atoms with Crippen molar-refractivity contribution in [3.05, 3.63) is 95.3 Å². The summed E-state index contributed by atoms with van der Waals surface area (Å²) in [6.07, 6.45) is -3.50. The number of para-hydroxylation sites is 2. The summed E-state index contributed by atoms with van der Waals surface area (Å²) >= 11 is 0. The van der Waals surface area contributed by atoms with E-state index in [0.29, 0.717) is 42.7 Å². The fourth-order valence-electron chi connectivity index (χ4n) is 4.68. The first-order valence-corrected chi connectivity index (χ1v) is 11.8. The molecule has 1 amide bonds. The van der Waals surface area contributed by atoms with E-state index in [1.165, 1.54) is 42.5 Å². The summed E-state index contributed by atoms with van der Waals surface area (Å²) in [4.78, 5) is 29.5. The van der Waals surface area contributed by atoms with E-state index in [2.05, 4.69) is 0 Å². The number of ketones is 1. The highest BCUT2D eigenvalue weighted by molar-refractivity contribution is 6.10. The maximum absolute atomic E-state index is 13.6. The van der Waals surface area contributed by atoms with Crippen LogP contribution in [-0.4, -0.2) is 31.3 Å². The van der Waals surface area contributed by atoms with E-state index in [-0.39, 0.29) is 23.9 Å². The third-order valence-corrected chi connectivity index (χ3v) is 6.53. The number of piperidine rings is 1. The summed E-state index contributed by atoms with van der Waals surface area (Å²) in [6.45, 7) is 2.72. The second-order valence-corrected chi connectivity index (χ2v) is 8.71. The van der Waals surface area contributed by atoms with E-state index in [0.717, 1.165) is 11.0 Å². The molecule has 0 saturated carbocycles. The maximum Gasteiger partial charge on any atom is 0.418 e. The van der Waals surface area contributed by atoms with E-state index in [4.69, 9.17) is 0 Å². The molecule has 4 nitrogen and oxygen atoms in total. The lowest BCUT2D eigenvalue weighted by atomic mass is 9.88. The van der Waals surface area contributed by atoms with Crippen molar-refractivity contribution in [2.24, 2.45) is 5.92 Å². The Morgan fingerprint density at radius 1 is 0.917 bits per heavy atom. The number of rotatable bonds is 6. The Hall–Kier alpha value is -3.68. The zero-order chi connectivity index (χ0) is 25.9. The molecule has 0 N–H and O–H groups in total. The Kier molecular flexibility index (Phi) is 7.43. The van der Waals surface area contributed by atoms with Gasteiger partial charge in [-0.1, -0.05) is 24.3 Å². The van der Waals surface area contributed by atoms with Gasteiger partial charge in [0.25, 0.3) is 5.91 Å². The van der Waals surface area contributed by atoms with Gasteiger partial charge in [-0.05, 0) is 68.3 Å². The number of carbonyl (C=O) groups is 2. The minimum Gasteiger partial charge on any atom is -0.371 e. The van der Waals surface area contributed by atoms with Crippen LogP contribution in [0.2, 0.25) is 0 Å². The Balaban J connectivity index is 1.55. The molecule has 1 aliphatic rings. The number of nitrogens with zero attached hydrogens (tertiary/aromatic N) is 2. The summed E-state index contributed by atoms with van der Waals surface area (Å²) in [7, 11) is 0. The molecule has 0 aromatic heterocycles. The first kappa shape index (κ1) is 25.4. The maximum atomic E-state index is 13.6. The van der Waals surface area contributed by atoms with Crippen LogP contribution in [0, 0.1) is 11.7 Å². The molecule has 1 fully saturated rings. The SMILES string of the molecule is CCN(C(=O)c1ccccc1N1CCC(C(=O)c2ccc(F)cc2)CC1)c1ccccc1C(F)(F)F. The molecule has 36 heavy (non-hydrogen) atoms. The largest absolute Gasteiger partial charge is 0.418 e. The van der Waals surface area contributed by atoms with E-state index in [1.54, 1.807) is 31.2 Å². The molecule has 0 bridgehead atoms. The van der Waals surface area contributed by atoms with Crippen molar-refractivity contribution in [1.82, 2.24) is 0 Å². The van der Waals surface area contributed by atoms with Gasteiger partial charge in [0.15, 0.2) is 5.78 Å². The van der Waals surface area contributed by atoms with E-state index < -0.39 is 23.5 Å². The molecular formula is C28H26F4N2O2. The van der Waals surface area contributed by atoms with Crippen LogP contribution < -0.4 is 9.80 Å². The zero-order valence-corrected chi connectivity index (χ0v) is 19.8. The number of Topliss-reactive ketones (excluding diaryl/α,β-unsaturated/α-hetero) is 1. The third kappa shape index (κ3) is 5.27. The predicted molar refractivity (Wildman–Crippen MR) is 131 cm³/mol. The Bertz CT molecular complexity index is 1230. The van der Waals surface area contributed by atoms with Crippen molar-refractivity contribution in [1.29, 1.82) is 0 Å². The number of hydrogen-bond donors (Lipinski definition) is 0. The van der Waals surface area contributed by atoms with Crippen LogP contribution in [-0.2, 0) is 6.18 Å². The van der Waals surface area contributed by atoms with Gasteiger partial charge in [-0.2, -0.15) is 13.2 Å². The number of anilines is 2. The van der Waals surface area contributed by atoms with E-state index >= 15 is 0 Å². The van der Waals surface area contributed by atoms with Gasteiger partial charge in [0, 0.05) is 36.8 Å². The Morgan fingerprint density at radius 3 is 2.17 bits per heavy atom. The standard InChI is InChI=1S/C28H26F4N2O2/c1-2-34(25-10-6-4-8-23(25)28(30,31)32)27(36)22-7-3-5-9-24(22)33-17-15-20(16-18-33)26(35)19-11-13-21(29)14-12-19/h3-14,20H,2,15-18H2,1H3. The van der Waals surface area contributed by atoms with E-state index in [9.17, 15) is 27.2 Å². The number of hydrogen-bond acceptors (Lipinski definition) is 3. The smallest absolute Gasteiger partial charge is 0.371 e. The van der Waals surface area contributed by atoms with Crippen molar-refractivity contribution in [2.75, 3.05) is 29.4 Å². The lowest BCUT2D eigenvalue weighted by Gasteiger charge is -2.35. The zero-order valence-electron chi connectivity index (χ0n) is 19.8. The van der Waals surface area contributed by atoms with Gasteiger partial charge in [0.1, 0.15) is 5.82 Å². The lowest BCUT2D eigenvalue weighted by Crippen LogP contribution is -2.39. The molecule has 1 saturated heterocycles. The summed E-state index contributed by atoms with van der Waals surface area (Å²) in [5.74, 6) is -1.18. The number of amides is 1. The topological polar surface area (TPSA) is 40.6 Å². The first-order chi connectivity index (χ1) is 17.2. The van der Waals surface area contributed by atoms with Gasteiger partial charge < -0.3 is 9.80 Å². The second-order valence-electron chi connectivity index (χ2n) is 8.71. The van der Waals surface area contributed by atoms with Crippen LogP contribution >= 0.6 is 0 Å². The minimum absolute atomic E-state index is 0.0417. The third-order valence-electron chi connectivity index (χ3n) is 6.53. The van der Waals surface area contributed by atoms with Crippen LogP contribution in [0.15, 0.2) is 72.8 Å². The second kappa shape index (κ2) is 10.5. The molecule has 0 atom stereocenters. The van der Waals surface area contributed by atoms with Gasteiger partial charge in [-0.25, -0.2) is 4.39 Å². The Labute approximate surface area is 207 Å². The van der Waals surface area contributed by atoms with Gasteiger partial charge in [0.2, 0.25) is 0 Å². The van der Waals surface area contributed by atoms with Gasteiger partial charge in [-0.15, -0.1) is 0 Å². The molecule has 1 heterocycles. The fourth-order valence-corrected chi connectivity index (χ4v) is 4.68. The molecule has 8 heteroatoms. The van der Waals surface area contributed by atoms with Crippen LogP contribution in [0.5, 0.6) is 0 Å². The van der Waals surface area contributed by atoms with Crippen molar-refractivity contribution >= 4 is 23.1 Å². The highest BCUT2D eigenvalue weighted by Crippen LogP contribution is 2.37. The summed E-state index contributed by atoms with van der Waals surface area (Å²) in [5.41, 5.74) is 0.346. The van der Waals surface area contributed by atoms with Crippen molar-refractivity contribution in [2.45, 2.75) is 25.9 Å². The monoisotopic (exact) mass is 498 g/mol. The highest BCUT2D eigenvalue weighted by Gasteiger charge is 2.36. The average molecular weight is 499 g/mol.